The van der Waals surface area contributed by atoms with Crippen molar-refractivity contribution in [2.24, 2.45) is 0 Å². The summed E-state index contributed by atoms with van der Waals surface area (Å²) in [6.07, 6.45) is 0. The molecule has 6 heteroatoms. The second-order valence-corrected chi connectivity index (χ2v) is 7.31. The molecule has 4 nitrogen and oxygen atoms in total. The van der Waals surface area contributed by atoms with Gasteiger partial charge in [0, 0.05) is 11.3 Å². The van der Waals surface area contributed by atoms with Crippen LogP contribution >= 0.6 is 11.3 Å². The number of halogens is 1. The second kappa shape index (κ2) is 7.25. The van der Waals surface area contributed by atoms with Crippen LogP contribution in [-0.2, 0) is 0 Å². The van der Waals surface area contributed by atoms with Gasteiger partial charge in [-0.25, -0.2) is 19.3 Å². The van der Waals surface area contributed by atoms with Crippen LogP contribution in [0.4, 0.5) is 16.0 Å². The summed E-state index contributed by atoms with van der Waals surface area (Å²) in [6.45, 7) is 3.97. The zero-order valence-corrected chi connectivity index (χ0v) is 15.7. The molecule has 2 aromatic heterocycles. The molecular weight excluding hydrogens is 359 g/mol. The molecule has 27 heavy (non-hydrogen) atoms. The van der Waals surface area contributed by atoms with Crippen molar-refractivity contribution in [3.05, 3.63) is 77.2 Å². The van der Waals surface area contributed by atoms with Gasteiger partial charge in [0.05, 0.1) is 27.0 Å². The Morgan fingerprint density at radius 3 is 2.22 bits per heavy atom. The van der Waals surface area contributed by atoms with Gasteiger partial charge in [0.25, 0.3) is 0 Å². The first kappa shape index (κ1) is 17.3. The van der Waals surface area contributed by atoms with E-state index in [2.05, 4.69) is 20.3 Å². The Labute approximate surface area is 160 Å². The molecule has 0 bridgehead atoms. The lowest BCUT2D eigenvalue weighted by molar-refractivity contribution is 0.628. The molecule has 4 rings (SSSR count). The van der Waals surface area contributed by atoms with Gasteiger partial charge >= 0.3 is 0 Å². The summed E-state index contributed by atoms with van der Waals surface area (Å²) in [7, 11) is 0. The molecule has 2 aromatic carbocycles. The fourth-order valence-corrected chi connectivity index (χ4v) is 3.69. The first-order chi connectivity index (χ1) is 13.1. The van der Waals surface area contributed by atoms with Crippen molar-refractivity contribution < 1.29 is 4.39 Å². The molecule has 0 saturated carbocycles. The normalized spacial score (nSPS) is 10.8. The molecule has 0 aliphatic rings. The van der Waals surface area contributed by atoms with E-state index in [1.165, 1.54) is 12.1 Å². The van der Waals surface area contributed by atoms with Crippen molar-refractivity contribution in [3.63, 3.8) is 0 Å². The number of hydrogen-bond acceptors (Lipinski definition) is 5. The van der Waals surface area contributed by atoms with Crippen molar-refractivity contribution in [1.29, 1.82) is 0 Å². The average molecular weight is 376 g/mol. The minimum Gasteiger partial charge on any atom is -0.324 e. The predicted molar refractivity (Wildman–Crippen MR) is 108 cm³/mol. The SMILES string of the molecule is Cc1nc(C)c(-c2cc(-c3ccccc3)nc(Nc3ccc(F)cc3)n2)s1. The standard InChI is InChI=1S/C21H17FN4S/c1-13-20(27-14(2)23-13)19-12-18(15-6-4-3-5-7-15)25-21(26-19)24-17-10-8-16(22)9-11-17/h3-12H,1-2H3,(H,24,25,26). The first-order valence-electron chi connectivity index (χ1n) is 8.50. The van der Waals surface area contributed by atoms with Gasteiger partial charge in [-0.15, -0.1) is 11.3 Å². The van der Waals surface area contributed by atoms with Crippen LogP contribution in [0.3, 0.4) is 0 Å². The minimum atomic E-state index is -0.282. The van der Waals surface area contributed by atoms with E-state index in [0.29, 0.717) is 5.95 Å². The molecule has 0 fully saturated rings. The van der Waals surface area contributed by atoms with Crippen LogP contribution in [0.5, 0.6) is 0 Å². The zero-order chi connectivity index (χ0) is 18.8. The van der Waals surface area contributed by atoms with Gasteiger partial charge < -0.3 is 5.32 Å². The van der Waals surface area contributed by atoms with E-state index < -0.39 is 0 Å². The second-order valence-electron chi connectivity index (χ2n) is 6.11. The van der Waals surface area contributed by atoms with Gasteiger partial charge in [0.1, 0.15) is 5.82 Å². The Balaban J connectivity index is 1.81. The van der Waals surface area contributed by atoms with Gasteiger partial charge in [0.15, 0.2) is 0 Å². The summed E-state index contributed by atoms with van der Waals surface area (Å²) in [5.74, 6) is 0.180. The Hall–Kier alpha value is -3.12. The summed E-state index contributed by atoms with van der Waals surface area (Å²) in [4.78, 5) is 14.9. The number of hydrogen-bond donors (Lipinski definition) is 1. The summed E-state index contributed by atoms with van der Waals surface area (Å²) < 4.78 is 13.2. The number of nitrogens with zero attached hydrogens (tertiary/aromatic N) is 3. The van der Waals surface area contributed by atoms with Crippen LogP contribution in [-0.4, -0.2) is 15.0 Å². The minimum absolute atomic E-state index is 0.282. The average Bonchev–Trinajstić information content (AvgIpc) is 3.02. The molecule has 0 aliphatic heterocycles. The summed E-state index contributed by atoms with van der Waals surface area (Å²) >= 11 is 1.61. The Morgan fingerprint density at radius 2 is 1.56 bits per heavy atom. The number of aromatic nitrogens is 3. The van der Waals surface area contributed by atoms with Crippen molar-refractivity contribution >= 4 is 23.0 Å². The van der Waals surface area contributed by atoms with Crippen molar-refractivity contribution in [2.45, 2.75) is 13.8 Å². The third-order valence-electron chi connectivity index (χ3n) is 4.03. The van der Waals surface area contributed by atoms with E-state index in [1.807, 2.05) is 50.2 Å². The topological polar surface area (TPSA) is 50.7 Å². The molecule has 1 N–H and O–H groups in total. The van der Waals surface area contributed by atoms with Crippen LogP contribution in [0.2, 0.25) is 0 Å². The monoisotopic (exact) mass is 376 g/mol. The number of nitrogens with one attached hydrogen (secondary N) is 1. The van der Waals surface area contributed by atoms with E-state index in [9.17, 15) is 4.39 Å². The number of aryl methyl sites for hydroxylation is 2. The van der Waals surface area contributed by atoms with Crippen LogP contribution in [0.1, 0.15) is 10.7 Å². The number of rotatable bonds is 4. The molecule has 0 atom stereocenters. The number of thiazole rings is 1. The molecule has 0 amide bonds. The number of anilines is 2. The maximum Gasteiger partial charge on any atom is 0.228 e. The van der Waals surface area contributed by atoms with Gasteiger partial charge in [-0.2, -0.15) is 0 Å². The number of benzene rings is 2. The lowest BCUT2D eigenvalue weighted by Crippen LogP contribution is -2.00. The van der Waals surface area contributed by atoms with Crippen LogP contribution in [0.15, 0.2) is 60.7 Å². The largest absolute Gasteiger partial charge is 0.324 e. The highest BCUT2D eigenvalue weighted by atomic mass is 32.1. The Morgan fingerprint density at radius 1 is 0.852 bits per heavy atom. The summed E-state index contributed by atoms with van der Waals surface area (Å²) in [6, 6.07) is 18.1. The first-order valence-corrected chi connectivity index (χ1v) is 9.31. The summed E-state index contributed by atoms with van der Waals surface area (Å²) in [5.41, 5.74) is 4.31. The van der Waals surface area contributed by atoms with E-state index in [-0.39, 0.29) is 5.82 Å². The predicted octanol–water partition coefficient (Wildman–Crippen LogP) is 5.77. The van der Waals surface area contributed by atoms with E-state index in [1.54, 1.807) is 23.5 Å². The van der Waals surface area contributed by atoms with E-state index >= 15 is 0 Å². The van der Waals surface area contributed by atoms with Gasteiger partial charge in [-0.05, 0) is 44.2 Å². The highest BCUT2D eigenvalue weighted by molar-refractivity contribution is 7.15. The smallest absolute Gasteiger partial charge is 0.228 e. The third kappa shape index (κ3) is 3.85. The van der Waals surface area contributed by atoms with Gasteiger partial charge in [0.2, 0.25) is 5.95 Å². The van der Waals surface area contributed by atoms with Gasteiger partial charge in [-0.3, -0.25) is 0 Å². The quantitative estimate of drug-likeness (QED) is 0.491. The lowest BCUT2D eigenvalue weighted by atomic mass is 10.1. The Kier molecular flexibility index (Phi) is 4.64. The van der Waals surface area contributed by atoms with Crippen LogP contribution in [0.25, 0.3) is 21.8 Å². The molecular formula is C21H17FN4S. The molecule has 134 valence electrons. The maximum atomic E-state index is 13.2. The molecule has 0 saturated heterocycles. The highest BCUT2D eigenvalue weighted by Crippen LogP contribution is 2.32. The summed E-state index contributed by atoms with van der Waals surface area (Å²) in [5, 5.41) is 4.17. The van der Waals surface area contributed by atoms with Crippen molar-refractivity contribution in [1.82, 2.24) is 15.0 Å². The molecule has 0 aliphatic carbocycles. The fraction of sp³-hybridized carbons (Fsp3) is 0.0952. The lowest BCUT2D eigenvalue weighted by Gasteiger charge is -2.10. The van der Waals surface area contributed by atoms with Crippen molar-refractivity contribution in [2.75, 3.05) is 5.32 Å². The highest BCUT2D eigenvalue weighted by Gasteiger charge is 2.13. The maximum absolute atomic E-state index is 13.2. The fourth-order valence-electron chi connectivity index (χ4n) is 2.81. The molecule has 0 radical (unpaired) electrons. The van der Waals surface area contributed by atoms with Crippen LogP contribution < -0.4 is 5.32 Å². The molecule has 4 aromatic rings. The Bertz CT molecular complexity index is 1080. The third-order valence-corrected chi connectivity index (χ3v) is 5.13. The molecule has 0 spiro atoms. The van der Waals surface area contributed by atoms with Crippen molar-refractivity contribution in [3.8, 4) is 21.8 Å². The van der Waals surface area contributed by atoms with Crippen LogP contribution in [0, 0.1) is 19.7 Å². The molecule has 0 unspecified atom stereocenters. The molecule has 2 heterocycles. The van der Waals surface area contributed by atoms with Gasteiger partial charge in [-0.1, -0.05) is 30.3 Å². The van der Waals surface area contributed by atoms with E-state index in [4.69, 9.17) is 0 Å². The van der Waals surface area contributed by atoms with E-state index in [0.717, 1.165) is 38.2 Å². The zero-order valence-electron chi connectivity index (χ0n) is 14.9.